The van der Waals surface area contributed by atoms with E-state index >= 15 is 0 Å². The van der Waals surface area contributed by atoms with Gasteiger partial charge in [-0.3, -0.25) is 9.78 Å². The summed E-state index contributed by atoms with van der Waals surface area (Å²) < 4.78 is 5.27. The number of nitrogens with one attached hydrogen (secondary N) is 2. The van der Waals surface area contributed by atoms with Crippen LogP contribution in [0.5, 0.6) is 0 Å². The number of hydrogen-bond acceptors (Lipinski definition) is 4. The minimum atomic E-state index is -0.769. The Balaban J connectivity index is 2.01. The van der Waals surface area contributed by atoms with Gasteiger partial charge in [0.25, 0.3) is 0 Å². The molecule has 2 amide bonds. The molecule has 0 fully saturated rings. The average Bonchev–Trinajstić information content (AvgIpc) is 2.83. The van der Waals surface area contributed by atoms with Crippen LogP contribution in [0.1, 0.15) is 44.4 Å². The number of unbranched alkanes of at least 4 members (excludes halogenated alkanes) is 1. The predicted molar refractivity (Wildman–Crippen MR) is 132 cm³/mol. The van der Waals surface area contributed by atoms with Gasteiger partial charge in [0.1, 0.15) is 6.04 Å². The monoisotopic (exact) mass is 447 g/mol. The Labute approximate surface area is 195 Å². The summed E-state index contributed by atoms with van der Waals surface area (Å²) in [6.45, 7) is 6.85. The van der Waals surface area contributed by atoms with E-state index < -0.39 is 12.1 Å². The van der Waals surface area contributed by atoms with Gasteiger partial charge in [-0.1, -0.05) is 68.8 Å². The Morgan fingerprint density at radius 3 is 2.45 bits per heavy atom. The van der Waals surface area contributed by atoms with Crippen molar-refractivity contribution < 1.29 is 14.3 Å². The Morgan fingerprint density at radius 2 is 1.73 bits per heavy atom. The summed E-state index contributed by atoms with van der Waals surface area (Å²) in [5.41, 5.74) is 4.75. The Morgan fingerprint density at radius 1 is 1.00 bits per heavy atom. The Kier molecular flexibility index (Phi) is 8.81. The Hall–Kier alpha value is -3.41. The van der Waals surface area contributed by atoms with Gasteiger partial charge in [0.15, 0.2) is 0 Å². The van der Waals surface area contributed by atoms with Gasteiger partial charge in [0.2, 0.25) is 5.91 Å². The lowest BCUT2D eigenvalue weighted by molar-refractivity contribution is -0.123. The predicted octanol–water partition coefficient (Wildman–Crippen LogP) is 5.17. The van der Waals surface area contributed by atoms with Gasteiger partial charge in [-0.2, -0.15) is 0 Å². The molecule has 0 saturated carbocycles. The summed E-state index contributed by atoms with van der Waals surface area (Å²) in [5, 5.41) is 6.71. The third-order valence-corrected chi connectivity index (χ3v) is 5.56. The second-order valence-corrected chi connectivity index (χ2v) is 8.12. The van der Waals surface area contributed by atoms with Crippen LogP contribution in [-0.4, -0.2) is 36.2 Å². The summed E-state index contributed by atoms with van der Waals surface area (Å²) in [5.74, 6) is -0.226. The van der Waals surface area contributed by atoms with E-state index in [-0.39, 0.29) is 5.91 Å². The van der Waals surface area contributed by atoms with Gasteiger partial charge in [-0.05, 0) is 42.5 Å². The maximum atomic E-state index is 13.0. The standard InChI is InChI=1S/C27H33N3O3/c1-4-6-17-33-27(32)30-24(26(31)28-16-5-2)18-22-19(3)29-23-15-11-10-14-21(23)25(22)20-12-8-7-9-13-20/h7-15,24H,4-6,16-18H2,1-3H3,(H,28,31)(H,30,32). The topological polar surface area (TPSA) is 80.3 Å². The molecule has 2 N–H and O–H groups in total. The first-order chi connectivity index (χ1) is 16.0. The molecule has 33 heavy (non-hydrogen) atoms. The number of aromatic nitrogens is 1. The van der Waals surface area contributed by atoms with E-state index in [1.165, 1.54) is 0 Å². The average molecular weight is 448 g/mol. The number of para-hydroxylation sites is 1. The first-order valence-electron chi connectivity index (χ1n) is 11.7. The van der Waals surface area contributed by atoms with E-state index in [0.29, 0.717) is 19.6 Å². The summed E-state index contributed by atoms with van der Waals surface area (Å²) in [4.78, 5) is 30.2. The Bertz CT molecular complexity index is 1080. The highest BCUT2D eigenvalue weighted by molar-refractivity contribution is 5.97. The summed E-state index contributed by atoms with van der Waals surface area (Å²) in [7, 11) is 0. The molecule has 2 aromatic carbocycles. The SMILES string of the molecule is CCCCOC(=O)NC(Cc1c(C)nc2ccccc2c1-c1ccccc1)C(=O)NCCC. The van der Waals surface area contributed by atoms with E-state index in [1.54, 1.807) is 0 Å². The van der Waals surface area contributed by atoms with Crippen molar-refractivity contribution in [1.82, 2.24) is 15.6 Å². The van der Waals surface area contributed by atoms with Crippen molar-refractivity contribution in [2.75, 3.05) is 13.2 Å². The fraction of sp³-hybridized carbons (Fsp3) is 0.370. The number of alkyl carbamates (subject to hydrolysis) is 1. The molecule has 1 atom stereocenters. The van der Waals surface area contributed by atoms with Crippen LogP contribution in [0.2, 0.25) is 0 Å². The number of aryl methyl sites for hydroxylation is 1. The molecule has 0 aliphatic heterocycles. The van der Waals surface area contributed by atoms with Crippen molar-refractivity contribution in [3.8, 4) is 11.1 Å². The van der Waals surface area contributed by atoms with Gasteiger partial charge in [0, 0.05) is 24.0 Å². The number of hydrogen-bond donors (Lipinski definition) is 2. The zero-order chi connectivity index (χ0) is 23.6. The number of rotatable bonds is 10. The number of amides is 2. The molecule has 0 aliphatic carbocycles. The summed E-state index contributed by atoms with van der Waals surface area (Å²) in [6.07, 6.45) is 2.26. The fourth-order valence-corrected chi connectivity index (χ4v) is 3.84. The van der Waals surface area contributed by atoms with Gasteiger partial charge in [-0.15, -0.1) is 0 Å². The third-order valence-electron chi connectivity index (χ3n) is 5.56. The summed E-state index contributed by atoms with van der Waals surface area (Å²) >= 11 is 0. The van der Waals surface area contributed by atoms with E-state index in [9.17, 15) is 9.59 Å². The van der Waals surface area contributed by atoms with Gasteiger partial charge >= 0.3 is 6.09 Å². The van der Waals surface area contributed by atoms with Gasteiger partial charge < -0.3 is 15.4 Å². The first kappa shape index (κ1) is 24.2. The molecule has 0 aliphatic rings. The van der Waals surface area contributed by atoms with Crippen LogP contribution in [0, 0.1) is 6.92 Å². The molecule has 0 radical (unpaired) electrons. The highest BCUT2D eigenvalue weighted by Gasteiger charge is 2.25. The highest BCUT2D eigenvalue weighted by Crippen LogP contribution is 2.33. The lowest BCUT2D eigenvalue weighted by Crippen LogP contribution is -2.48. The van der Waals surface area contributed by atoms with E-state index in [2.05, 4.69) is 22.8 Å². The van der Waals surface area contributed by atoms with Crippen LogP contribution >= 0.6 is 0 Å². The molecule has 1 heterocycles. The van der Waals surface area contributed by atoms with Crippen LogP contribution in [0.3, 0.4) is 0 Å². The first-order valence-corrected chi connectivity index (χ1v) is 11.7. The number of nitrogens with zero attached hydrogens (tertiary/aromatic N) is 1. The van der Waals surface area contributed by atoms with Crippen molar-refractivity contribution >= 4 is 22.9 Å². The second-order valence-electron chi connectivity index (χ2n) is 8.12. The lowest BCUT2D eigenvalue weighted by Gasteiger charge is -2.22. The fourth-order valence-electron chi connectivity index (χ4n) is 3.84. The zero-order valence-corrected chi connectivity index (χ0v) is 19.7. The molecule has 6 heteroatoms. The minimum absolute atomic E-state index is 0.226. The van der Waals surface area contributed by atoms with Crippen molar-refractivity contribution in [1.29, 1.82) is 0 Å². The molecule has 0 spiro atoms. The van der Waals surface area contributed by atoms with Crippen molar-refractivity contribution in [3.63, 3.8) is 0 Å². The number of carbonyl (C=O) groups is 2. The lowest BCUT2D eigenvalue weighted by atomic mass is 9.90. The van der Waals surface area contributed by atoms with E-state index in [4.69, 9.17) is 9.72 Å². The minimum Gasteiger partial charge on any atom is -0.450 e. The van der Waals surface area contributed by atoms with Crippen LogP contribution in [0.15, 0.2) is 54.6 Å². The largest absolute Gasteiger partial charge is 0.450 e. The molecular weight excluding hydrogens is 414 g/mol. The number of ether oxygens (including phenoxy) is 1. The second kappa shape index (κ2) is 12.0. The highest BCUT2D eigenvalue weighted by atomic mass is 16.5. The summed E-state index contributed by atoms with van der Waals surface area (Å²) in [6, 6.07) is 17.3. The smallest absolute Gasteiger partial charge is 0.407 e. The van der Waals surface area contributed by atoms with Crippen LogP contribution in [-0.2, 0) is 16.0 Å². The molecule has 1 unspecified atom stereocenters. The van der Waals surface area contributed by atoms with Crippen LogP contribution in [0.4, 0.5) is 4.79 Å². The molecule has 6 nitrogen and oxygen atoms in total. The van der Waals surface area contributed by atoms with E-state index in [1.807, 2.05) is 63.2 Å². The van der Waals surface area contributed by atoms with Gasteiger partial charge in [0.05, 0.1) is 12.1 Å². The molecule has 1 aromatic heterocycles. The molecule has 3 rings (SSSR count). The number of fused-ring (bicyclic) bond motifs is 1. The molecular formula is C27H33N3O3. The maximum Gasteiger partial charge on any atom is 0.407 e. The molecule has 0 bridgehead atoms. The van der Waals surface area contributed by atoms with Crippen molar-refractivity contribution in [2.24, 2.45) is 0 Å². The zero-order valence-electron chi connectivity index (χ0n) is 19.7. The molecule has 174 valence electrons. The van der Waals surface area contributed by atoms with Crippen LogP contribution < -0.4 is 10.6 Å². The molecule has 3 aromatic rings. The molecule has 0 saturated heterocycles. The normalized spacial score (nSPS) is 11.7. The number of benzene rings is 2. The number of pyridine rings is 1. The maximum absolute atomic E-state index is 13.0. The third kappa shape index (κ3) is 6.31. The van der Waals surface area contributed by atoms with Crippen LogP contribution in [0.25, 0.3) is 22.0 Å². The van der Waals surface area contributed by atoms with E-state index in [0.717, 1.165) is 52.5 Å². The number of carbonyl (C=O) groups excluding carboxylic acids is 2. The van der Waals surface area contributed by atoms with Gasteiger partial charge in [-0.25, -0.2) is 4.79 Å². The van der Waals surface area contributed by atoms with Crippen molar-refractivity contribution in [3.05, 3.63) is 65.9 Å². The quantitative estimate of drug-likeness (QED) is 0.420. The van der Waals surface area contributed by atoms with Crippen molar-refractivity contribution in [2.45, 2.75) is 52.5 Å².